The van der Waals surface area contributed by atoms with Crippen LogP contribution >= 0.6 is 11.3 Å². The van der Waals surface area contributed by atoms with Crippen molar-refractivity contribution < 1.29 is 29.3 Å². The first-order chi connectivity index (χ1) is 17.8. The number of rotatable bonds is 3. The summed E-state index contributed by atoms with van der Waals surface area (Å²) in [7, 11) is 0. The van der Waals surface area contributed by atoms with Gasteiger partial charge in [-0.2, -0.15) is 0 Å². The number of thiazole rings is 1. The monoisotopic (exact) mass is 514 g/mol. The molecule has 9 heteroatoms. The Kier molecular flexibility index (Phi) is 5.38. The van der Waals surface area contributed by atoms with Crippen molar-refractivity contribution in [1.82, 2.24) is 4.98 Å². The Hall–Kier alpha value is -4.37. The number of ketones is 1. The molecule has 0 spiro atoms. The maximum atomic E-state index is 13.4. The molecule has 0 bridgehead atoms. The fourth-order valence-electron chi connectivity index (χ4n) is 4.62. The van der Waals surface area contributed by atoms with Gasteiger partial charge in [-0.3, -0.25) is 14.5 Å². The molecule has 4 aromatic rings. The molecule has 1 fully saturated rings. The standard InChI is InChI=1S/C28H22N2O6S/c1-14-11-19-22(12-15(14)2)37-28(29-19)30-24(16-3-6-18(31)7-4-16)23(26(33)27(30)34)25(32)17-5-8-20-21(13-17)36-10-9-35-20/h3-8,11-13,24,31-32H,9-10H2,1-2H3/b25-23+. The normalized spacial score (nSPS) is 18.5. The van der Waals surface area contributed by atoms with Crippen LogP contribution in [0.4, 0.5) is 5.13 Å². The van der Waals surface area contributed by atoms with Gasteiger partial charge >= 0.3 is 5.91 Å². The molecule has 8 nitrogen and oxygen atoms in total. The molecule has 2 N–H and O–H groups in total. The number of phenols is 1. The number of benzene rings is 3. The van der Waals surface area contributed by atoms with Crippen molar-refractivity contribution in [2.75, 3.05) is 18.1 Å². The molecular formula is C28H22N2O6S. The first-order valence-electron chi connectivity index (χ1n) is 11.7. The third kappa shape index (κ3) is 3.79. The predicted molar refractivity (Wildman–Crippen MR) is 139 cm³/mol. The zero-order valence-electron chi connectivity index (χ0n) is 20.0. The number of aliphatic hydroxyl groups is 1. The molecular weight excluding hydrogens is 492 g/mol. The van der Waals surface area contributed by atoms with Crippen molar-refractivity contribution in [3.63, 3.8) is 0 Å². The number of carbonyl (C=O) groups is 2. The summed E-state index contributed by atoms with van der Waals surface area (Å²) in [6.45, 7) is 4.78. The van der Waals surface area contributed by atoms with Crippen LogP contribution in [0, 0.1) is 13.8 Å². The van der Waals surface area contributed by atoms with Crippen molar-refractivity contribution in [3.8, 4) is 17.2 Å². The minimum atomic E-state index is -0.948. The SMILES string of the molecule is Cc1cc2nc(N3C(=O)C(=O)/C(=C(/O)c4ccc5c(c4)OCCO5)C3c3ccc(O)cc3)sc2cc1C. The Labute approximate surface area is 216 Å². The second kappa shape index (κ2) is 8.63. The van der Waals surface area contributed by atoms with Crippen LogP contribution in [0.3, 0.4) is 0 Å². The number of aryl methyl sites for hydroxylation is 2. The molecule has 0 saturated carbocycles. The Balaban J connectivity index is 1.54. The number of carbonyl (C=O) groups excluding carboxylic acids is 2. The lowest BCUT2D eigenvalue weighted by Crippen LogP contribution is -2.29. The highest BCUT2D eigenvalue weighted by Gasteiger charge is 2.48. The molecule has 3 heterocycles. The number of ether oxygens (including phenoxy) is 2. The van der Waals surface area contributed by atoms with Crippen LogP contribution in [-0.2, 0) is 9.59 Å². The van der Waals surface area contributed by atoms with Crippen molar-refractivity contribution in [2.45, 2.75) is 19.9 Å². The fourth-order valence-corrected chi connectivity index (χ4v) is 5.69. The molecule has 6 rings (SSSR count). The molecule has 2 aliphatic rings. The van der Waals surface area contributed by atoms with Crippen LogP contribution in [0.15, 0.2) is 60.2 Å². The zero-order valence-corrected chi connectivity index (χ0v) is 20.8. The van der Waals surface area contributed by atoms with Crippen LogP contribution in [0.2, 0.25) is 0 Å². The summed E-state index contributed by atoms with van der Waals surface area (Å²) in [5.41, 5.74) is 3.68. The Morgan fingerprint density at radius 3 is 2.43 bits per heavy atom. The quantitative estimate of drug-likeness (QED) is 0.225. The van der Waals surface area contributed by atoms with Gasteiger partial charge in [0.25, 0.3) is 5.78 Å². The molecule has 37 heavy (non-hydrogen) atoms. The highest BCUT2D eigenvalue weighted by molar-refractivity contribution is 7.22. The average Bonchev–Trinajstić information content (AvgIpc) is 3.41. The predicted octanol–water partition coefficient (Wildman–Crippen LogP) is 5.02. The molecule has 1 aromatic heterocycles. The first kappa shape index (κ1) is 23.1. The summed E-state index contributed by atoms with van der Waals surface area (Å²) < 4.78 is 12.1. The van der Waals surface area contributed by atoms with Gasteiger partial charge in [0.1, 0.15) is 24.7 Å². The minimum absolute atomic E-state index is 0.0403. The molecule has 1 atom stereocenters. The van der Waals surface area contributed by atoms with Gasteiger partial charge in [0.15, 0.2) is 16.6 Å². The number of Topliss-reactive ketones (excluding diaryl/α,β-unsaturated/α-hetero) is 1. The van der Waals surface area contributed by atoms with Crippen LogP contribution in [-0.4, -0.2) is 40.1 Å². The van der Waals surface area contributed by atoms with E-state index in [1.807, 2.05) is 26.0 Å². The third-order valence-electron chi connectivity index (χ3n) is 6.67. The van der Waals surface area contributed by atoms with E-state index in [-0.39, 0.29) is 17.1 Å². The van der Waals surface area contributed by atoms with Gasteiger partial charge in [0.2, 0.25) is 0 Å². The lowest BCUT2D eigenvalue weighted by molar-refractivity contribution is -0.132. The van der Waals surface area contributed by atoms with Crippen molar-refractivity contribution >= 4 is 44.1 Å². The largest absolute Gasteiger partial charge is 0.508 e. The summed E-state index contributed by atoms with van der Waals surface area (Å²) in [4.78, 5) is 32.9. The van der Waals surface area contributed by atoms with Gasteiger partial charge in [-0.1, -0.05) is 23.5 Å². The lowest BCUT2D eigenvalue weighted by Gasteiger charge is -2.23. The summed E-state index contributed by atoms with van der Waals surface area (Å²) in [6.07, 6.45) is 0. The minimum Gasteiger partial charge on any atom is -0.508 e. The molecule has 0 aliphatic carbocycles. The van der Waals surface area contributed by atoms with E-state index in [1.54, 1.807) is 30.3 Å². The number of aliphatic hydroxyl groups excluding tert-OH is 1. The lowest BCUT2D eigenvalue weighted by atomic mass is 9.95. The highest BCUT2D eigenvalue weighted by atomic mass is 32.1. The maximum Gasteiger partial charge on any atom is 0.301 e. The smallest absolute Gasteiger partial charge is 0.301 e. The molecule has 2 aliphatic heterocycles. The number of amides is 1. The number of hydrogen-bond donors (Lipinski definition) is 2. The summed E-state index contributed by atoms with van der Waals surface area (Å²) in [5, 5.41) is 21.6. The highest BCUT2D eigenvalue weighted by Crippen LogP contribution is 2.45. The number of aromatic hydroxyl groups is 1. The van der Waals surface area contributed by atoms with Gasteiger partial charge in [0, 0.05) is 5.56 Å². The topological polar surface area (TPSA) is 109 Å². The van der Waals surface area contributed by atoms with Gasteiger partial charge < -0.3 is 19.7 Å². The van der Waals surface area contributed by atoms with Crippen LogP contribution < -0.4 is 14.4 Å². The summed E-state index contributed by atoms with van der Waals surface area (Å²) in [6, 6.07) is 14.1. The Morgan fingerprint density at radius 1 is 0.973 bits per heavy atom. The van der Waals surface area contributed by atoms with E-state index in [0.29, 0.717) is 41.0 Å². The van der Waals surface area contributed by atoms with Gasteiger partial charge in [-0.05, 0) is 73.0 Å². The van der Waals surface area contributed by atoms with Crippen molar-refractivity contribution in [2.24, 2.45) is 0 Å². The molecule has 1 amide bonds. The third-order valence-corrected chi connectivity index (χ3v) is 7.69. The molecule has 3 aromatic carbocycles. The number of hydrogen-bond acceptors (Lipinski definition) is 8. The van der Waals surface area contributed by atoms with Gasteiger partial charge in [-0.25, -0.2) is 4.98 Å². The molecule has 1 saturated heterocycles. The summed E-state index contributed by atoms with van der Waals surface area (Å²) >= 11 is 1.30. The van der Waals surface area contributed by atoms with E-state index in [2.05, 4.69) is 4.98 Å². The van der Waals surface area contributed by atoms with E-state index < -0.39 is 17.7 Å². The van der Waals surface area contributed by atoms with E-state index >= 15 is 0 Å². The average molecular weight is 515 g/mol. The molecule has 0 radical (unpaired) electrons. The van der Waals surface area contributed by atoms with E-state index in [4.69, 9.17) is 9.47 Å². The van der Waals surface area contributed by atoms with Crippen molar-refractivity contribution in [3.05, 3.63) is 82.4 Å². The Bertz CT molecular complexity index is 1580. The Morgan fingerprint density at radius 2 is 1.68 bits per heavy atom. The van der Waals surface area contributed by atoms with Crippen LogP contribution in [0.25, 0.3) is 16.0 Å². The number of fused-ring (bicyclic) bond motifs is 2. The van der Waals surface area contributed by atoms with Crippen LogP contribution in [0.5, 0.6) is 17.2 Å². The number of anilines is 1. The molecule has 186 valence electrons. The zero-order chi connectivity index (χ0) is 25.8. The number of aromatic nitrogens is 1. The van der Waals surface area contributed by atoms with Gasteiger partial charge in [0.05, 0.1) is 21.8 Å². The van der Waals surface area contributed by atoms with Crippen molar-refractivity contribution in [1.29, 1.82) is 0 Å². The second-order valence-corrected chi connectivity index (χ2v) is 10.0. The van der Waals surface area contributed by atoms with Gasteiger partial charge in [-0.15, -0.1) is 0 Å². The number of nitrogens with zero attached hydrogens (tertiary/aromatic N) is 2. The second-order valence-electron chi connectivity index (χ2n) is 9.02. The van der Waals surface area contributed by atoms with E-state index in [9.17, 15) is 19.8 Å². The number of phenolic OH excluding ortho intramolecular Hbond substituents is 1. The maximum absolute atomic E-state index is 13.4. The molecule has 1 unspecified atom stereocenters. The van der Waals surface area contributed by atoms with E-state index in [0.717, 1.165) is 21.3 Å². The fraction of sp³-hybridized carbons (Fsp3) is 0.179. The van der Waals surface area contributed by atoms with E-state index in [1.165, 1.54) is 28.4 Å². The first-order valence-corrected chi connectivity index (χ1v) is 12.5. The summed E-state index contributed by atoms with van der Waals surface area (Å²) in [5.74, 6) is -0.912. The van der Waals surface area contributed by atoms with Crippen LogP contribution in [0.1, 0.15) is 28.3 Å².